The number of ketones is 2. The van der Waals surface area contributed by atoms with Crippen molar-refractivity contribution in [1.82, 2.24) is 0 Å². The molecule has 0 amide bonds. The standard InChI is InChI=1S/C43H32F6N2O10/c44-42(45,46)60-31-16-12-29(13-17-31)58-40(56)26-7-1-24(2-8-26)5-21-35(52)38(54)37(33-20-11-28(50)23-34(33)51)39(55)36(53)22-6-25-3-9-27(10-4-25)41(57)59-30-14-18-32(19-15-30)61-43(47,48)49/h1-23,37-39,54-55H,50-51H2/b21-5+,22-6+. The highest BCUT2D eigenvalue weighted by molar-refractivity contribution is 6.01. The first kappa shape index (κ1) is 44.7. The fourth-order valence-corrected chi connectivity index (χ4v) is 5.53. The van der Waals surface area contributed by atoms with Crippen molar-refractivity contribution in [2.45, 2.75) is 30.9 Å². The molecule has 12 nitrogen and oxygen atoms in total. The lowest BCUT2D eigenvalue weighted by molar-refractivity contribution is -0.275. The molecule has 5 aromatic carbocycles. The number of aliphatic hydroxyl groups is 2. The van der Waals surface area contributed by atoms with Gasteiger partial charge in [-0.05, 0) is 114 Å². The molecule has 0 spiro atoms. The Balaban J connectivity index is 1.23. The normalized spacial score (nSPS) is 13.3. The third kappa shape index (κ3) is 13.0. The molecule has 5 aromatic rings. The van der Waals surface area contributed by atoms with Crippen LogP contribution in [0.5, 0.6) is 23.0 Å². The van der Waals surface area contributed by atoms with E-state index in [0.717, 1.165) is 60.7 Å². The maximum Gasteiger partial charge on any atom is 0.573 e. The lowest BCUT2D eigenvalue weighted by Crippen LogP contribution is -2.39. The van der Waals surface area contributed by atoms with Gasteiger partial charge < -0.3 is 40.6 Å². The molecule has 6 N–H and O–H groups in total. The molecular formula is C43H32F6N2O10. The fraction of sp³-hybridized carbons (Fsp3) is 0.116. The van der Waals surface area contributed by atoms with Gasteiger partial charge in [-0.15, -0.1) is 26.3 Å². The Morgan fingerprint density at radius 2 is 0.885 bits per heavy atom. The highest BCUT2D eigenvalue weighted by Gasteiger charge is 2.37. The van der Waals surface area contributed by atoms with E-state index in [9.17, 15) is 55.7 Å². The number of aliphatic hydroxyl groups excluding tert-OH is 2. The zero-order valence-electron chi connectivity index (χ0n) is 31.1. The van der Waals surface area contributed by atoms with Crippen LogP contribution in [0, 0.1) is 0 Å². The van der Waals surface area contributed by atoms with E-state index < -0.39 is 65.9 Å². The van der Waals surface area contributed by atoms with Crippen LogP contribution in [0.4, 0.5) is 37.7 Å². The number of nitrogens with two attached hydrogens (primary N) is 2. The van der Waals surface area contributed by atoms with Crippen molar-refractivity contribution in [2.75, 3.05) is 11.5 Å². The predicted molar refractivity (Wildman–Crippen MR) is 207 cm³/mol. The summed E-state index contributed by atoms with van der Waals surface area (Å²) in [6.45, 7) is 0. The smallest absolute Gasteiger partial charge is 0.423 e. The Bertz CT molecular complexity index is 2270. The van der Waals surface area contributed by atoms with Crippen LogP contribution < -0.4 is 30.4 Å². The molecule has 2 atom stereocenters. The molecule has 0 saturated carbocycles. The number of hydrogen-bond donors (Lipinski definition) is 4. The highest BCUT2D eigenvalue weighted by atomic mass is 19.4. The number of carbonyl (C=O) groups is 4. The van der Waals surface area contributed by atoms with Crippen LogP contribution >= 0.6 is 0 Å². The summed E-state index contributed by atoms with van der Waals surface area (Å²) in [7, 11) is 0. The SMILES string of the molecule is Nc1ccc(C(C(O)C(=O)/C=C/c2ccc(C(=O)Oc3ccc(OC(F)(F)F)cc3)cc2)C(O)C(=O)/C=C/c2ccc(C(=O)Oc3ccc(OC(F)(F)F)cc3)cc2)c(N)c1. The third-order valence-electron chi connectivity index (χ3n) is 8.44. The van der Waals surface area contributed by atoms with Crippen molar-refractivity contribution in [1.29, 1.82) is 0 Å². The highest BCUT2D eigenvalue weighted by Crippen LogP contribution is 2.32. The summed E-state index contributed by atoms with van der Waals surface area (Å²) < 4.78 is 92.3. The van der Waals surface area contributed by atoms with Crippen LogP contribution in [0.15, 0.2) is 127 Å². The number of esters is 2. The Labute approximate surface area is 341 Å². The summed E-state index contributed by atoms with van der Waals surface area (Å²) >= 11 is 0. The second-order valence-corrected chi connectivity index (χ2v) is 12.8. The molecule has 0 aliphatic carbocycles. The maximum atomic E-state index is 13.3. The van der Waals surface area contributed by atoms with E-state index in [1.807, 2.05) is 0 Å². The fourth-order valence-electron chi connectivity index (χ4n) is 5.53. The topological polar surface area (TPSA) is 198 Å². The van der Waals surface area contributed by atoms with E-state index in [-0.39, 0.29) is 39.6 Å². The monoisotopic (exact) mass is 850 g/mol. The Morgan fingerprint density at radius 1 is 0.525 bits per heavy atom. The summed E-state index contributed by atoms with van der Waals surface area (Å²) in [6, 6.07) is 23.5. The van der Waals surface area contributed by atoms with E-state index >= 15 is 0 Å². The zero-order chi connectivity index (χ0) is 44.5. The molecule has 0 heterocycles. The average molecular weight is 851 g/mol. The van der Waals surface area contributed by atoms with Gasteiger partial charge in [0.05, 0.1) is 17.0 Å². The van der Waals surface area contributed by atoms with Gasteiger partial charge in [0.2, 0.25) is 0 Å². The first-order valence-corrected chi connectivity index (χ1v) is 17.6. The number of carbonyl (C=O) groups excluding carboxylic acids is 4. The number of alkyl halides is 6. The molecule has 0 fully saturated rings. The second-order valence-electron chi connectivity index (χ2n) is 12.8. The minimum absolute atomic E-state index is 0.0298. The van der Waals surface area contributed by atoms with Gasteiger partial charge in [0.25, 0.3) is 0 Å². The van der Waals surface area contributed by atoms with Gasteiger partial charge in [0, 0.05) is 11.4 Å². The first-order valence-electron chi connectivity index (χ1n) is 17.6. The van der Waals surface area contributed by atoms with Crippen LogP contribution in [0.3, 0.4) is 0 Å². The number of rotatable bonds is 15. The van der Waals surface area contributed by atoms with Gasteiger partial charge >= 0.3 is 24.7 Å². The van der Waals surface area contributed by atoms with E-state index in [1.54, 1.807) is 0 Å². The molecule has 2 unspecified atom stereocenters. The molecule has 18 heteroatoms. The van der Waals surface area contributed by atoms with Crippen molar-refractivity contribution < 1.29 is 74.7 Å². The minimum atomic E-state index is -4.89. The predicted octanol–water partition coefficient (Wildman–Crippen LogP) is 7.46. The van der Waals surface area contributed by atoms with Gasteiger partial charge in [-0.25, -0.2) is 9.59 Å². The number of ether oxygens (including phenoxy) is 4. The summed E-state index contributed by atoms with van der Waals surface area (Å²) in [4.78, 5) is 51.7. The first-order chi connectivity index (χ1) is 28.7. The zero-order valence-corrected chi connectivity index (χ0v) is 31.1. The molecule has 0 saturated heterocycles. The number of benzene rings is 5. The van der Waals surface area contributed by atoms with Gasteiger partial charge in [0.15, 0.2) is 11.6 Å². The van der Waals surface area contributed by atoms with E-state index in [4.69, 9.17) is 20.9 Å². The van der Waals surface area contributed by atoms with Gasteiger partial charge in [0.1, 0.15) is 35.2 Å². The van der Waals surface area contributed by atoms with E-state index in [2.05, 4.69) is 9.47 Å². The summed E-state index contributed by atoms with van der Waals surface area (Å²) in [5.41, 5.74) is 13.0. The number of hydrogen-bond acceptors (Lipinski definition) is 12. The van der Waals surface area contributed by atoms with Crippen LogP contribution in [0.25, 0.3) is 12.2 Å². The molecule has 0 aliphatic rings. The molecule has 0 radical (unpaired) electrons. The van der Waals surface area contributed by atoms with Crippen molar-refractivity contribution in [2.24, 2.45) is 0 Å². The molecule has 5 rings (SSSR count). The lowest BCUT2D eigenvalue weighted by atomic mass is 9.83. The van der Waals surface area contributed by atoms with Crippen LogP contribution in [-0.4, -0.2) is 58.7 Å². The lowest BCUT2D eigenvalue weighted by Gasteiger charge is -2.26. The second kappa shape index (κ2) is 19.1. The van der Waals surface area contributed by atoms with Crippen molar-refractivity contribution >= 4 is 47.0 Å². The summed E-state index contributed by atoms with van der Waals surface area (Å²) in [5, 5.41) is 22.5. The van der Waals surface area contributed by atoms with Gasteiger partial charge in [-0.3, -0.25) is 9.59 Å². The van der Waals surface area contributed by atoms with Crippen molar-refractivity contribution in [3.05, 3.63) is 155 Å². The van der Waals surface area contributed by atoms with E-state index in [0.29, 0.717) is 11.1 Å². The Hall–Kier alpha value is -7.44. The molecule has 61 heavy (non-hydrogen) atoms. The van der Waals surface area contributed by atoms with E-state index in [1.165, 1.54) is 78.9 Å². The van der Waals surface area contributed by atoms with Crippen molar-refractivity contribution in [3.63, 3.8) is 0 Å². The van der Waals surface area contributed by atoms with Crippen LogP contribution in [0.2, 0.25) is 0 Å². The number of anilines is 2. The van der Waals surface area contributed by atoms with Crippen LogP contribution in [-0.2, 0) is 9.59 Å². The van der Waals surface area contributed by atoms with Gasteiger partial charge in [-0.2, -0.15) is 0 Å². The molecular weight excluding hydrogens is 818 g/mol. The Morgan fingerprint density at radius 3 is 1.23 bits per heavy atom. The number of nitrogen functional groups attached to an aromatic ring is 2. The third-order valence-corrected chi connectivity index (χ3v) is 8.44. The van der Waals surface area contributed by atoms with Gasteiger partial charge in [-0.1, -0.05) is 42.5 Å². The quantitative estimate of drug-likeness (QED) is 0.0267. The largest absolute Gasteiger partial charge is 0.573 e. The van der Waals surface area contributed by atoms with Crippen molar-refractivity contribution in [3.8, 4) is 23.0 Å². The molecule has 316 valence electrons. The Kier molecular flexibility index (Phi) is 14.0. The molecule has 0 bridgehead atoms. The summed E-state index contributed by atoms with van der Waals surface area (Å²) in [5.74, 6) is -6.27. The average Bonchev–Trinajstić information content (AvgIpc) is 3.20. The van der Waals surface area contributed by atoms with Crippen LogP contribution in [0.1, 0.15) is 43.3 Å². The maximum absolute atomic E-state index is 13.3. The minimum Gasteiger partial charge on any atom is -0.423 e. The molecule has 0 aliphatic heterocycles. The summed E-state index contributed by atoms with van der Waals surface area (Å²) in [6.07, 6.45) is -9.26. The number of halogens is 6. The molecule has 0 aromatic heterocycles.